The highest BCUT2D eigenvalue weighted by Crippen LogP contribution is 2.41. The molecule has 206 valence electrons. The van der Waals surface area contributed by atoms with Crippen molar-refractivity contribution in [1.82, 2.24) is 9.88 Å². The third kappa shape index (κ3) is 5.94. The second-order valence-electron chi connectivity index (χ2n) is 9.17. The molecule has 1 saturated heterocycles. The fourth-order valence-electron chi connectivity index (χ4n) is 4.79. The summed E-state index contributed by atoms with van der Waals surface area (Å²) >= 11 is 6.17. The van der Waals surface area contributed by atoms with E-state index in [2.05, 4.69) is 21.2 Å². The number of carbonyl (C=O) groups is 2. The average Bonchev–Trinajstić information content (AvgIpc) is 3.32. The minimum Gasteiger partial charge on any atom is -0.465 e. The van der Waals surface area contributed by atoms with Crippen LogP contribution in [0.2, 0.25) is 5.02 Å². The van der Waals surface area contributed by atoms with Gasteiger partial charge in [0.25, 0.3) is 0 Å². The van der Waals surface area contributed by atoms with Crippen LogP contribution in [0.1, 0.15) is 47.5 Å². The minimum atomic E-state index is -0.787. The van der Waals surface area contributed by atoms with Crippen LogP contribution in [0.4, 0.5) is 17.2 Å². The summed E-state index contributed by atoms with van der Waals surface area (Å²) in [6.07, 6.45) is 1.87. The van der Waals surface area contributed by atoms with Gasteiger partial charge in [-0.05, 0) is 48.0 Å². The summed E-state index contributed by atoms with van der Waals surface area (Å²) in [6.45, 7) is 6.44. The molecule has 2 aliphatic heterocycles. The van der Waals surface area contributed by atoms with E-state index < -0.39 is 12.0 Å². The molecular weight excluding hydrogens is 516 g/mol. The van der Waals surface area contributed by atoms with Crippen LogP contribution in [0.5, 0.6) is 0 Å². The molecule has 3 N–H and O–H groups in total. The summed E-state index contributed by atoms with van der Waals surface area (Å²) in [4.78, 5) is 35.5. The van der Waals surface area contributed by atoms with Gasteiger partial charge in [0.05, 0.1) is 24.0 Å². The van der Waals surface area contributed by atoms with Crippen LogP contribution in [0.3, 0.4) is 0 Å². The Morgan fingerprint density at radius 3 is 2.36 bits per heavy atom. The molecule has 10 heteroatoms. The summed E-state index contributed by atoms with van der Waals surface area (Å²) in [5.74, 6) is 0.314. The van der Waals surface area contributed by atoms with Crippen LogP contribution in [0.15, 0.2) is 60.8 Å². The Hall–Kier alpha value is -3.82. The molecule has 3 heterocycles. The lowest BCUT2D eigenvalue weighted by atomic mass is 10.0. The van der Waals surface area contributed by atoms with Gasteiger partial charge in [-0.15, -0.1) is 0 Å². The van der Waals surface area contributed by atoms with Crippen molar-refractivity contribution in [3.63, 3.8) is 0 Å². The number of fused-ring (bicyclic) bond motifs is 1. The number of aromatic nitrogens is 1. The number of rotatable bonds is 5. The van der Waals surface area contributed by atoms with E-state index in [1.807, 2.05) is 51.4 Å². The van der Waals surface area contributed by atoms with Crippen molar-refractivity contribution in [2.24, 2.45) is 5.73 Å². The SMILES string of the molecule is CC.COC(=O)c1ccc(C(N)C(=O)N2CCN(c3ccc(C4Nc5ccc(Cl)cc5N4C)cn3)CC2)cc1. The van der Waals surface area contributed by atoms with Gasteiger partial charge in [0.2, 0.25) is 5.91 Å². The largest absolute Gasteiger partial charge is 0.465 e. The molecule has 39 heavy (non-hydrogen) atoms. The zero-order valence-electron chi connectivity index (χ0n) is 22.7. The van der Waals surface area contributed by atoms with E-state index in [1.165, 1.54) is 7.11 Å². The van der Waals surface area contributed by atoms with E-state index in [4.69, 9.17) is 27.1 Å². The predicted molar refractivity (Wildman–Crippen MR) is 155 cm³/mol. The van der Waals surface area contributed by atoms with Crippen LogP contribution >= 0.6 is 11.6 Å². The molecule has 3 aromatic rings. The van der Waals surface area contributed by atoms with Crippen LogP contribution in [-0.2, 0) is 9.53 Å². The Labute approximate surface area is 234 Å². The molecule has 0 saturated carbocycles. The number of halogens is 1. The molecular formula is C29H35ClN6O3. The molecule has 1 fully saturated rings. The van der Waals surface area contributed by atoms with Crippen LogP contribution in [-0.4, -0.2) is 62.1 Å². The number of benzene rings is 2. The van der Waals surface area contributed by atoms with Crippen LogP contribution < -0.4 is 20.9 Å². The molecule has 2 aromatic carbocycles. The molecule has 0 spiro atoms. The Balaban J connectivity index is 0.00000172. The predicted octanol–water partition coefficient (Wildman–Crippen LogP) is 4.46. The van der Waals surface area contributed by atoms with Crippen molar-refractivity contribution in [1.29, 1.82) is 0 Å². The molecule has 0 aliphatic carbocycles. The lowest BCUT2D eigenvalue weighted by molar-refractivity contribution is -0.133. The van der Waals surface area contributed by atoms with Crippen LogP contribution in [0.25, 0.3) is 0 Å². The lowest BCUT2D eigenvalue weighted by Crippen LogP contribution is -2.51. The molecule has 9 nitrogen and oxygen atoms in total. The number of esters is 1. The van der Waals surface area contributed by atoms with Gasteiger partial charge in [0, 0.05) is 50.0 Å². The number of pyridine rings is 1. The number of nitrogens with one attached hydrogen (secondary N) is 1. The van der Waals surface area contributed by atoms with E-state index >= 15 is 0 Å². The van der Waals surface area contributed by atoms with Crippen molar-refractivity contribution in [2.75, 3.05) is 55.5 Å². The number of hydrogen-bond acceptors (Lipinski definition) is 8. The standard InChI is InChI=1S/C27H29ClN6O3.C2H6/c1-32-22-15-20(28)8-9-21(22)31-25(32)19-7-10-23(30-16-19)33-11-13-34(14-12-33)26(35)24(29)17-3-5-18(6-4-17)27(36)37-2;1-2/h3-10,15-16,24-25,31H,11-14,29H2,1-2H3;1-2H3. The van der Waals surface area contributed by atoms with E-state index in [0.29, 0.717) is 42.3 Å². The third-order valence-electron chi connectivity index (χ3n) is 6.98. The molecule has 1 aromatic heterocycles. The number of methoxy groups -OCH3 is 1. The second-order valence-corrected chi connectivity index (χ2v) is 9.61. The highest BCUT2D eigenvalue weighted by atomic mass is 35.5. The van der Waals surface area contributed by atoms with Crippen molar-refractivity contribution in [2.45, 2.75) is 26.1 Å². The van der Waals surface area contributed by atoms with E-state index in [0.717, 1.165) is 22.8 Å². The van der Waals surface area contributed by atoms with Gasteiger partial charge in [0.15, 0.2) is 0 Å². The molecule has 1 amide bonds. The summed E-state index contributed by atoms with van der Waals surface area (Å²) in [5, 5.41) is 4.22. The highest BCUT2D eigenvalue weighted by molar-refractivity contribution is 6.31. The molecule has 2 aliphatic rings. The fraction of sp³-hybridized carbons (Fsp3) is 0.345. The lowest BCUT2D eigenvalue weighted by Gasteiger charge is -2.36. The molecule has 5 rings (SSSR count). The van der Waals surface area contributed by atoms with Crippen LogP contribution in [0, 0.1) is 0 Å². The van der Waals surface area contributed by atoms with Gasteiger partial charge in [0.1, 0.15) is 18.0 Å². The number of nitrogens with two attached hydrogens (primary N) is 1. The minimum absolute atomic E-state index is 0.0207. The van der Waals surface area contributed by atoms with E-state index in [-0.39, 0.29) is 12.1 Å². The third-order valence-corrected chi connectivity index (χ3v) is 7.21. The first-order valence-electron chi connectivity index (χ1n) is 13.1. The maximum absolute atomic E-state index is 13.0. The number of amides is 1. The molecule has 2 unspecified atom stereocenters. The average molecular weight is 551 g/mol. The topological polar surface area (TPSA) is 104 Å². The quantitative estimate of drug-likeness (QED) is 0.449. The summed E-state index contributed by atoms with van der Waals surface area (Å²) in [6, 6.07) is 15.8. The summed E-state index contributed by atoms with van der Waals surface area (Å²) in [5.41, 5.74) is 10.5. The maximum Gasteiger partial charge on any atom is 0.337 e. The molecule has 2 atom stereocenters. The smallest absolute Gasteiger partial charge is 0.337 e. The normalized spacial score (nSPS) is 17.0. The van der Waals surface area contributed by atoms with Gasteiger partial charge < -0.3 is 30.5 Å². The van der Waals surface area contributed by atoms with Gasteiger partial charge >= 0.3 is 5.97 Å². The Morgan fingerprint density at radius 2 is 1.74 bits per heavy atom. The van der Waals surface area contributed by atoms with Gasteiger partial charge in [-0.25, -0.2) is 9.78 Å². The van der Waals surface area contributed by atoms with E-state index in [1.54, 1.807) is 29.2 Å². The molecule has 0 radical (unpaired) electrons. The summed E-state index contributed by atoms with van der Waals surface area (Å²) in [7, 11) is 3.36. The van der Waals surface area contributed by atoms with E-state index in [9.17, 15) is 9.59 Å². The van der Waals surface area contributed by atoms with Crippen molar-refractivity contribution < 1.29 is 14.3 Å². The fourth-order valence-corrected chi connectivity index (χ4v) is 4.96. The zero-order valence-corrected chi connectivity index (χ0v) is 23.5. The Kier molecular flexibility index (Phi) is 8.93. The number of nitrogens with zero attached hydrogens (tertiary/aromatic N) is 4. The highest BCUT2D eigenvalue weighted by Gasteiger charge is 2.29. The first-order valence-corrected chi connectivity index (χ1v) is 13.5. The molecule has 0 bridgehead atoms. The van der Waals surface area contributed by atoms with Gasteiger partial charge in [-0.1, -0.05) is 37.6 Å². The summed E-state index contributed by atoms with van der Waals surface area (Å²) < 4.78 is 4.72. The maximum atomic E-state index is 13.0. The first-order chi connectivity index (χ1) is 18.9. The Bertz CT molecular complexity index is 1290. The first kappa shape index (κ1) is 28.2. The number of anilines is 3. The second kappa shape index (κ2) is 12.4. The number of hydrogen-bond donors (Lipinski definition) is 2. The Morgan fingerprint density at radius 1 is 1.05 bits per heavy atom. The van der Waals surface area contributed by atoms with Crippen molar-refractivity contribution in [3.05, 3.63) is 82.5 Å². The van der Waals surface area contributed by atoms with Crippen molar-refractivity contribution in [3.8, 4) is 0 Å². The number of carbonyl (C=O) groups excluding carboxylic acids is 2. The van der Waals surface area contributed by atoms with Crippen molar-refractivity contribution >= 4 is 40.7 Å². The number of piperazine rings is 1. The number of ether oxygens (including phenoxy) is 1. The van der Waals surface area contributed by atoms with Gasteiger partial charge in [-0.3, -0.25) is 4.79 Å². The zero-order chi connectivity index (χ0) is 28.1. The van der Waals surface area contributed by atoms with Gasteiger partial charge in [-0.2, -0.15) is 0 Å². The monoisotopic (exact) mass is 550 g/mol.